The summed E-state index contributed by atoms with van der Waals surface area (Å²) >= 11 is 0. The predicted octanol–water partition coefficient (Wildman–Crippen LogP) is 3.62. The maximum absolute atomic E-state index is 12.9. The normalized spacial score (nSPS) is 12.8. The van der Waals surface area contributed by atoms with E-state index in [0.29, 0.717) is 6.42 Å². The minimum atomic E-state index is -1.15. The molecule has 8 heteroatoms. The predicted molar refractivity (Wildman–Crippen MR) is 125 cm³/mol. The summed E-state index contributed by atoms with van der Waals surface area (Å²) < 4.78 is 5.23. The van der Waals surface area contributed by atoms with Gasteiger partial charge in [0.1, 0.15) is 18.7 Å². The van der Waals surface area contributed by atoms with Gasteiger partial charge in [0.05, 0.1) is 0 Å². The molecule has 0 radical (unpaired) electrons. The number of carboxylic acid groups (broad SMARTS) is 1. The highest BCUT2D eigenvalue weighted by atomic mass is 16.5. The second kappa shape index (κ2) is 11.2. The van der Waals surface area contributed by atoms with Gasteiger partial charge in [0.2, 0.25) is 5.91 Å². The van der Waals surface area contributed by atoms with Crippen LogP contribution in [-0.2, 0) is 27.4 Å². The number of carbonyl (C=O) groups excluding carboxylic acids is 2. The number of hydrogen-bond acceptors (Lipinski definition) is 4. The summed E-state index contributed by atoms with van der Waals surface area (Å²) in [6.07, 6.45) is 1.46. The van der Waals surface area contributed by atoms with Crippen molar-refractivity contribution in [2.24, 2.45) is 5.92 Å². The maximum Gasteiger partial charge on any atom is 0.408 e. The quantitative estimate of drug-likeness (QED) is 0.375. The minimum Gasteiger partial charge on any atom is -0.480 e. The summed E-state index contributed by atoms with van der Waals surface area (Å²) in [5.74, 6) is -1.62. The van der Waals surface area contributed by atoms with E-state index < -0.39 is 30.1 Å². The lowest BCUT2D eigenvalue weighted by molar-refractivity contribution is -0.142. The monoisotopic (exact) mass is 451 g/mol. The summed E-state index contributed by atoms with van der Waals surface area (Å²) in [5.41, 5.74) is 2.50. The molecule has 1 aromatic heterocycles. The van der Waals surface area contributed by atoms with E-state index in [4.69, 9.17) is 4.74 Å². The van der Waals surface area contributed by atoms with Crippen molar-refractivity contribution in [2.45, 2.75) is 45.4 Å². The third-order valence-electron chi connectivity index (χ3n) is 5.24. The lowest BCUT2D eigenvalue weighted by atomic mass is 10.0. The first-order valence-corrected chi connectivity index (χ1v) is 10.9. The van der Waals surface area contributed by atoms with E-state index in [-0.39, 0.29) is 18.9 Å². The lowest BCUT2D eigenvalue weighted by Gasteiger charge is -2.22. The van der Waals surface area contributed by atoms with Gasteiger partial charge in [-0.3, -0.25) is 4.79 Å². The molecule has 3 rings (SSSR count). The van der Waals surface area contributed by atoms with Crippen LogP contribution in [0.1, 0.15) is 31.4 Å². The van der Waals surface area contributed by atoms with Gasteiger partial charge in [0.25, 0.3) is 0 Å². The van der Waals surface area contributed by atoms with Gasteiger partial charge >= 0.3 is 12.1 Å². The molecular weight excluding hydrogens is 422 g/mol. The van der Waals surface area contributed by atoms with Gasteiger partial charge in [-0.15, -0.1) is 0 Å². The van der Waals surface area contributed by atoms with E-state index in [9.17, 15) is 19.5 Å². The Balaban J connectivity index is 1.65. The van der Waals surface area contributed by atoms with Crippen LogP contribution in [-0.4, -0.2) is 40.1 Å². The maximum atomic E-state index is 12.9. The average molecular weight is 452 g/mol. The highest BCUT2D eigenvalue weighted by Gasteiger charge is 2.28. The van der Waals surface area contributed by atoms with Crippen molar-refractivity contribution in [1.82, 2.24) is 15.6 Å². The molecule has 0 aliphatic heterocycles. The average Bonchev–Trinajstić information content (AvgIpc) is 3.20. The molecule has 3 aromatic rings. The van der Waals surface area contributed by atoms with Crippen LogP contribution in [0.15, 0.2) is 60.8 Å². The van der Waals surface area contributed by atoms with Crippen molar-refractivity contribution in [3.63, 3.8) is 0 Å². The van der Waals surface area contributed by atoms with Crippen LogP contribution in [0.25, 0.3) is 10.9 Å². The smallest absolute Gasteiger partial charge is 0.408 e. The number of benzene rings is 2. The summed E-state index contributed by atoms with van der Waals surface area (Å²) in [7, 11) is 0. The number of para-hydroxylation sites is 1. The molecular formula is C25H29N3O5. The van der Waals surface area contributed by atoms with E-state index >= 15 is 0 Å². The fourth-order valence-electron chi connectivity index (χ4n) is 3.60. The van der Waals surface area contributed by atoms with Gasteiger partial charge in [-0.05, 0) is 29.5 Å². The first-order valence-electron chi connectivity index (χ1n) is 10.9. The molecule has 4 N–H and O–H groups in total. The zero-order valence-corrected chi connectivity index (χ0v) is 18.7. The molecule has 0 aliphatic rings. The van der Waals surface area contributed by atoms with Crippen LogP contribution in [0.4, 0.5) is 4.79 Å². The fourth-order valence-corrected chi connectivity index (χ4v) is 3.60. The molecule has 0 saturated heterocycles. The number of aliphatic carboxylic acids is 1. The summed E-state index contributed by atoms with van der Waals surface area (Å²) in [6, 6.07) is 14.7. The first-order chi connectivity index (χ1) is 15.8. The highest BCUT2D eigenvalue weighted by Crippen LogP contribution is 2.19. The number of aromatic nitrogens is 1. The molecule has 2 amide bonds. The van der Waals surface area contributed by atoms with Crippen molar-refractivity contribution < 1.29 is 24.2 Å². The largest absolute Gasteiger partial charge is 0.480 e. The SMILES string of the molecule is CC(C)C[C@H](NC(=O)OCc1ccccc1)C(=O)N[C@H](Cc1c[nH]c2ccccc12)C(=O)O. The number of rotatable bonds is 10. The third-order valence-corrected chi connectivity index (χ3v) is 5.24. The fraction of sp³-hybridized carbons (Fsp3) is 0.320. The number of H-pyrrole nitrogens is 1. The number of amides is 2. The molecule has 2 atom stereocenters. The van der Waals surface area contributed by atoms with Gasteiger partial charge in [0, 0.05) is 23.5 Å². The zero-order valence-electron chi connectivity index (χ0n) is 18.7. The third kappa shape index (κ3) is 6.83. The Morgan fingerprint density at radius 3 is 2.36 bits per heavy atom. The topological polar surface area (TPSA) is 121 Å². The van der Waals surface area contributed by atoms with Gasteiger partial charge in [-0.1, -0.05) is 62.4 Å². The van der Waals surface area contributed by atoms with Crippen molar-refractivity contribution in [3.05, 3.63) is 71.9 Å². The van der Waals surface area contributed by atoms with Crippen LogP contribution in [0.2, 0.25) is 0 Å². The molecule has 2 aromatic carbocycles. The highest BCUT2D eigenvalue weighted by molar-refractivity contribution is 5.90. The molecule has 0 aliphatic carbocycles. The zero-order chi connectivity index (χ0) is 23.8. The van der Waals surface area contributed by atoms with Crippen LogP contribution in [0, 0.1) is 5.92 Å². The number of ether oxygens (including phenoxy) is 1. The van der Waals surface area contributed by atoms with E-state index in [1.165, 1.54) is 0 Å². The van der Waals surface area contributed by atoms with Crippen molar-refractivity contribution in [1.29, 1.82) is 0 Å². The number of alkyl carbamates (subject to hydrolysis) is 1. The van der Waals surface area contributed by atoms with Crippen LogP contribution < -0.4 is 10.6 Å². The van der Waals surface area contributed by atoms with Gasteiger partial charge in [-0.25, -0.2) is 9.59 Å². The number of fused-ring (bicyclic) bond motifs is 1. The van der Waals surface area contributed by atoms with E-state index in [0.717, 1.165) is 22.0 Å². The number of nitrogens with one attached hydrogen (secondary N) is 3. The Bertz CT molecular complexity index is 1090. The standard InChI is InChI=1S/C25H29N3O5/c1-16(2)12-21(28-25(32)33-15-17-8-4-3-5-9-17)23(29)27-22(24(30)31)13-18-14-26-20-11-7-6-10-19(18)20/h3-11,14,16,21-22,26H,12-13,15H2,1-2H3,(H,27,29)(H,28,32)(H,30,31)/t21-,22+/m0/s1. The van der Waals surface area contributed by atoms with Crippen molar-refractivity contribution >= 4 is 28.9 Å². The van der Waals surface area contributed by atoms with E-state index in [1.807, 2.05) is 68.4 Å². The lowest BCUT2D eigenvalue weighted by Crippen LogP contribution is -2.52. The second-order valence-corrected chi connectivity index (χ2v) is 8.35. The Kier molecular flexibility index (Phi) is 8.07. The van der Waals surface area contributed by atoms with E-state index in [1.54, 1.807) is 6.20 Å². The van der Waals surface area contributed by atoms with Crippen molar-refractivity contribution in [2.75, 3.05) is 0 Å². The Hall–Kier alpha value is -3.81. The van der Waals surface area contributed by atoms with Gasteiger partial charge in [0.15, 0.2) is 0 Å². The molecule has 1 heterocycles. The summed E-state index contributed by atoms with van der Waals surface area (Å²) in [6.45, 7) is 3.90. The molecule has 0 spiro atoms. The van der Waals surface area contributed by atoms with Crippen LogP contribution in [0.5, 0.6) is 0 Å². The number of hydrogen-bond donors (Lipinski definition) is 4. The molecule has 0 saturated carbocycles. The minimum absolute atomic E-state index is 0.0704. The summed E-state index contributed by atoms with van der Waals surface area (Å²) in [5, 5.41) is 15.8. The van der Waals surface area contributed by atoms with Gasteiger partial charge in [-0.2, -0.15) is 0 Å². The van der Waals surface area contributed by atoms with Crippen molar-refractivity contribution in [3.8, 4) is 0 Å². The first kappa shape index (κ1) is 23.8. The summed E-state index contributed by atoms with van der Waals surface area (Å²) in [4.78, 5) is 40.2. The molecule has 0 unspecified atom stereocenters. The number of carboxylic acids is 1. The number of aromatic amines is 1. The van der Waals surface area contributed by atoms with Gasteiger partial charge < -0.3 is 25.5 Å². The molecule has 33 heavy (non-hydrogen) atoms. The Morgan fingerprint density at radius 2 is 1.67 bits per heavy atom. The Morgan fingerprint density at radius 1 is 0.970 bits per heavy atom. The molecule has 8 nitrogen and oxygen atoms in total. The molecule has 0 bridgehead atoms. The molecule has 0 fully saturated rings. The van der Waals surface area contributed by atoms with Crippen LogP contribution >= 0.6 is 0 Å². The van der Waals surface area contributed by atoms with E-state index in [2.05, 4.69) is 15.6 Å². The second-order valence-electron chi connectivity index (χ2n) is 8.35. The molecule has 174 valence electrons. The van der Waals surface area contributed by atoms with Crippen LogP contribution in [0.3, 0.4) is 0 Å². The number of carbonyl (C=O) groups is 3. The Labute approximate surface area is 192 Å².